The minimum atomic E-state index is -0.524. The third-order valence-electron chi connectivity index (χ3n) is 5.75. The highest BCUT2D eigenvalue weighted by Crippen LogP contribution is 2.36. The summed E-state index contributed by atoms with van der Waals surface area (Å²) in [4.78, 5) is 14.2. The molecular weight excluding hydrogens is 369 g/mol. The quantitative estimate of drug-likeness (QED) is 0.711. The van der Waals surface area contributed by atoms with Gasteiger partial charge in [-0.1, -0.05) is 12.1 Å². The second-order valence-corrected chi connectivity index (χ2v) is 9.90. The molecule has 0 N–H and O–H groups in total. The smallest absolute Gasteiger partial charge is 0.470 e. The Morgan fingerprint density at radius 1 is 1.07 bits per heavy atom. The lowest BCUT2D eigenvalue weighted by Gasteiger charge is -2.36. The van der Waals surface area contributed by atoms with Crippen molar-refractivity contribution in [3.05, 3.63) is 24.3 Å². The van der Waals surface area contributed by atoms with E-state index in [0.29, 0.717) is 12.3 Å². The van der Waals surface area contributed by atoms with Gasteiger partial charge in [-0.2, -0.15) is 0 Å². The number of carbonyl (C=O) groups excluding carboxylic acids is 1. The zero-order valence-corrected chi connectivity index (χ0v) is 18.8. The summed E-state index contributed by atoms with van der Waals surface area (Å²) < 4.78 is 23.9. The standard InChI is InChI=1S/C22H34BNO5/c1-20(2,3)27-19(25)24-15-9-8-10-18(24)26-17-13-11-16(12-14-17)23-28-21(4,5)22(6,7)29-23/h11-14,18H,8-10,15H2,1-7H3. The molecule has 2 heterocycles. The van der Waals surface area contributed by atoms with Crippen molar-refractivity contribution in [1.82, 2.24) is 4.90 Å². The lowest BCUT2D eigenvalue weighted by Crippen LogP contribution is -2.48. The van der Waals surface area contributed by atoms with E-state index < -0.39 is 12.7 Å². The van der Waals surface area contributed by atoms with E-state index in [-0.39, 0.29) is 23.5 Å². The van der Waals surface area contributed by atoms with Gasteiger partial charge in [-0.25, -0.2) is 4.79 Å². The van der Waals surface area contributed by atoms with Gasteiger partial charge in [0.05, 0.1) is 11.2 Å². The SMILES string of the molecule is CC(C)(C)OC(=O)N1CCCCC1Oc1ccc(B2OC(C)(C)C(C)(C)O2)cc1. The van der Waals surface area contributed by atoms with Crippen LogP contribution in [0, 0.1) is 0 Å². The van der Waals surface area contributed by atoms with E-state index >= 15 is 0 Å². The van der Waals surface area contributed by atoms with E-state index in [2.05, 4.69) is 0 Å². The monoisotopic (exact) mass is 403 g/mol. The first-order valence-electron chi connectivity index (χ1n) is 10.5. The Labute approximate surface area is 175 Å². The first kappa shape index (κ1) is 22.0. The van der Waals surface area contributed by atoms with Crippen LogP contribution in [0.4, 0.5) is 4.79 Å². The largest absolute Gasteiger partial charge is 0.494 e. The molecule has 1 amide bonds. The molecule has 0 radical (unpaired) electrons. The van der Waals surface area contributed by atoms with E-state index in [9.17, 15) is 4.79 Å². The fraction of sp³-hybridized carbons (Fsp3) is 0.682. The maximum atomic E-state index is 12.6. The molecule has 0 aromatic heterocycles. The van der Waals surface area contributed by atoms with Gasteiger partial charge >= 0.3 is 13.2 Å². The van der Waals surface area contributed by atoms with Crippen LogP contribution in [0.2, 0.25) is 0 Å². The Morgan fingerprint density at radius 3 is 2.21 bits per heavy atom. The third-order valence-corrected chi connectivity index (χ3v) is 5.75. The number of carbonyl (C=O) groups is 1. The van der Waals surface area contributed by atoms with Crippen molar-refractivity contribution in [2.45, 2.75) is 90.8 Å². The van der Waals surface area contributed by atoms with Gasteiger partial charge in [-0.3, -0.25) is 4.90 Å². The molecule has 2 aliphatic heterocycles. The highest BCUT2D eigenvalue weighted by Gasteiger charge is 2.51. The summed E-state index contributed by atoms with van der Waals surface area (Å²) in [5.41, 5.74) is -0.321. The molecule has 1 unspecified atom stereocenters. The third kappa shape index (κ3) is 5.07. The second kappa shape index (κ2) is 7.84. The van der Waals surface area contributed by atoms with Crippen molar-refractivity contribution in [3.63, 3.8) is 0 Å². The van der Waals surface area contributed by atoms with Crippen molar-refractivity contribution in [2.75, 3.05) is 6.54 Å². The van der Waals surface area contributed by atoms with Gasteiger partial charge in [0.1, 0.15) is 11.4 Å². The van der Waals surface area contributed by atoms with Crippen LogP contribution in [0.1, 0.15) is 67.7 Å². The van der Waals surface area contributed by atoms with E-state index in [4.69, 9.17) is 18.8 Å². The molecule has 1 aromatic rings. The summed E-state index contributed by atoms with van der Waals surface area (Å²) in [5.74, 6) is 0.714. The number of hydrogen-bond acceptors (Lipinski definition) is 5. The molecule has 2 fully saturated rings. The minimum Gasteiger partial charge on any atom is -0.470 e. The van der Waals surface area contributed by atoms with Crippen LogP contribution in [0.15, 0.2) is 24.3 Å². The summed E-state index contributed by atoms with van der Waals surface area (Å²) in [6.45, 7) is 14.4. The number of benzene rings is 1. The summed E-state index contributed by atoms with van der Waals surface area (Å²) in [5, 5.41) is 0. The van der Waals surface area contributed by atoms with Gasteiger partial charge in [0.2, 0.25) is 0 Å². The molecule has 3 rings (SSSR count). The first-order valence-corrected chi connectivity index (χ1v) is 10.5. The van der Waals surface area contributed by atoms with Gasteiger partial charge in [-0.05, 0) is 78.9 Å². The average molecular weight is 403 g/mol. The number of likely N-dealkylation sites (tertiary alicyclic amines) is 1. The number of nitrogens with zero attached hydrogens (tertiary/aromatic N) is 1. The minimum absolute atomic E-state index is 0.318. The fourth-order valence-corrected chi connectivity index (χ4v) is 3.39. The molecule has 29 heavy (non-hydrogen) atoms. The van der Waals surface area contributed by atoms with Crippen LogP contribution in [0.5, 0.6) is 5.75 Å². The number of ether oxygens (including phenoxy) is 2. The highest BCUT2D eigenvalue weighted by atomic mass is 16.7. The first-order chi connectivity index (χ1) is 13.4. The molecule has 0 aliphatic carbocycles. The number of rotatable bonds is 3. The van der Waals surface area contributed by atoms with Crippen LogP contribution < -0.4 is 10.2 Å². The number of amides is 1. The maximum Gasteiger partial charge on any atom is 0.494 e. The van der Waals surface area contributed by atoms with Crippen molar-refractivity contribution >= 4 is 18.7 Å². The maximum absolute atomic E-state index is 12.6. The van der Waals surface area contributed by atoms with Crippen molar-refractivity contribution < 1.29 is 23.6 Å². The lowest BCUT2D eigenvalue weighted by atomic mass is 9.79. The molecule has 7 heteroatoms. The molecule has 2 saturated heterocycles. The molecule has 0 saturated carbocycles. The van der Waals surface area contributed by atoms with Crippen LogP contribution in [-0.2, 0) is 14.0 Å². The fourth-order valence-electron chi connectivity index (χ4n) is 3.39. The second-order valence-electron chi connectivity index (χ2n) is 9.90. The van der Waals surface area contributed by atoms with E-state index in [1.807, 2.05) is 72.7 Å². The van der Waals surface area contributed by atoms with Gasteiger partial charge in [0.15, 0.2) is 6.23 Å². The Bertz CT molecular complexity index is 710. The molecule has 6 nitrogen and oxygen atoms in total. The predicted molar refractivity (Wildman–Crippen MR) is 113 cm³/mol. The summed E-state index contributed by atoms with van der Waals surface area (Å²) in [6, 6.07) is 7.72. The summed E-state index contributed by atoms with van der Waals surface area (Å²) >= 11 is 0. The van der Waals surface area contributed by atoms with E-state index in [1.54, 1.807) is 4.90 Å². The van der Waals surface area contributed by atoms with Crippen molar-refractivity contribution in [3.8, 4) is 5.75 Å². The molecule has 1 aromatic carbocycles. The molecule has 2 aliphatic rings. The molecule has 0 spiro atoms. The highest BCUT2D eigenvalue weighted by molar-refractivity contribution is 6.62. The van der Waals surface area contributed by atoms with E-state index in [0.717, 1.165) is 24.7 Å². The average Bonchev–Trinajstić information content (AvgIpc) is 2.82. The zero-order chi connectivity index (χ0) is 21.4. The van der Waals surface area contributed by atoms with Gasteiger partial charge in [0.25, 0.3) is 0 Å². The van der Waals surface area contributed by atoms with Crippen LogP contribution in [0.3, 0.4) is 0 Å². The molecule has 0 bridgehead atoms. The van der Waals surface area contributed by atoms with Gasteiger partial charge in [-0.15, -0.1) is 0 Å². The predicted octanol–water partition coefficient (Wildman–Crippen LogP) is 4.11. The Balaban J connectivity index is 1.66. The summed E-state index contributed by atoms with van der Waals surface area (Å²) in [6.07, 6.45) is 2.13. The Hall–Kier alpha value is -1.73. The van der Waals surface area contributed by atoms with Gasteiger partial charge < -0.3 is 18.8 Å². The van der Waals surface area contributed by atoms with Crippen LogP contribution in [0.25, 0.3) is 0 Å². The lowest BCUT2D eigenvalue weighted by molar-refractivity contribution is -0.0341. The molecular formula is C22H34BNO5. The van der Waals surface area contributed by atoms with Crippen molar-refractivity contribution in [1.29, 1.82) is 0 Å². The van der Waals surface area contributed by atoms with Crippen LogP contribution in [-0.4, -0.2) is 47.7 Å². The zero-order valence-electron chi connectivity index (χ0n) is 18.8. The molecule has 1 atom stereocenters. The van der Waals surface area contributed by atoms with E-state index in [1.165, 1.54) is 0 Å². The number of hydrogen-bond donors (Lipinski definition) is 0. The topological polar surface area (TPSA) is 57.2 Å². The summed E-state index contributed by atoms with van der Waals surface area (Å²) in [7, 11) is -0.401. The van der Waals surface area contributed by atoms with Crippen LogP contribution >= 0.6 is 0 Å². The number of piperidine rings is 1. The normalized spacial score (nSPS) is 23.8. The van der Waals surface area contributed by atoms with Gasteiger partial charge in [0, 0.05) is 13.0 Å². The Kier molecular flexibility index (Phi) is 5.94. The van der Waals surface area contributed by atoms with Crippen molar-refractivity contribution in [2.24, 2.45) is 0 Å². The molecule has 160 valence electrons. The Morgan fingerprint density at radius 2 is 1.66 bits per heavy atom.